The number of esters is 3. The lowest BCUT2D eigenvalue weighted by atomic mass is 10.0. The predicted octanol–water partition coefficient (Wildman–Crippen LogP) is 24.4. The topological polar surface area (TPSA) is 78.9 Å². The first-order chi connectivity index (χ1) is 40.5. The Morgan fingerprint density at radius 3 is 0.817 bits per heavy atom. The van der Waals surface area contributed by atoms with Gasteiger partial charge in [-0.3, -0.25) is 14.4 Å². The summed E-state index contributed by atoms with van der Waals surface area (Å²) in [7, 11) is 0. The summed E-state index contributed by atoms with van der Waals surface area (Å²) in [6.07, 6.45) is 94.7. The van der Waals surface area contributed by atoms with E-state index in [1.807, 2.05) is 6.08 Å². The molecule has 0 saturated carbocycles. The molecule has 0 heterocycles. The molecule has 0 radical (unpaired) electrons. The molecular weight excluding hydrogens is 1010 g/mol. The Labute approximate surface area is 508 Å². The molecule has 82 heavy (non-hydrogen) atoms. The number of hydrogen-bond acceptors (Lipinski definition) is 6. The molecule has 1 atom stereocenters. The van der Waals surface area contributed by atoms with E-state index in [0.717, 1.165) is 89.9 Å². The minimum Gasteiger partial charge on any atom is -0.462 e. The summed E-state index contributed by atoms with van der Waals surface area (Å²) in [5, 5.41) is 0. The maximum Gasteiger partial charge on any atom is 0.306 e. The number of hydrogen-bond donors (Lipinski definition) is 0. The highest BCUT2D eigenvalue weighted by molar-refractivity contribution is 5.71. The van der Waals surface area contributed by atoms with E-state index in [1.165, 1.54) is 212 Å². The van der Waals surface area contributed by atoms with Crippen LogP contribution in [-0.4, -0.2) is 37.2 Å². The van der Waals surface area contributed by atoms with Crippen LogP contribution in [-0.2, 0) is 28.6 Å². The van der Waals surface area contributed by atoms with E-state index in [4.69, 9.17) is 14.2 Å². The van der Waals surface area contributed by atoms with E-state index in [9.17, 15) is 14.4 Å². The van der Waals surface area contributed by atoms with Gasteiger partial charge in [0.25, 0.3) is 0 Å². The zero-order valence-electron chi connectivity index (χ0n) is 54.2. The molecule has 0 aliphatic carbocycles. The molecule has 0 bridgehead atoms. The molecular formula is C76H132O6. The molecule has 0 rings (SSSR count). The summed E-state index contributed by atoms with van der Waals surface area (Å²) in [4.78, 5) is 38.3. The Kier molecular flexibility index (Phi) is 66.7. The smallest absolute Gasteiger partial charge is 0.306 e. The molecule has 0 aromatic rings. The number of carbonyl (C=O) groups excluding carboxylic acids is 3. The quantitative estimate of drug-likeness (QED) is 0.0261. The zero-order valence-corrected chi connectivity index (χ0v) is 54.2. The lowest BCUT2D eigenvalue weighted by Gasteiger charge is -2.18. The van der Waals surface area contributed by atoms with Crippen LogP contribution >= 0.6 is 0 Å². The molecule has 6 heteroatoms. The van der Waals surface area contributed by atoms with E-state index in [1.54, 1.807) is 0 Å². The normalized spacial score (nSPS) is 12.7. The van der Waals surface area contributed by atoms with E-state index >= 15 is 0 Å². The van der Waals surface area contributed by atoms with Crippen molar-refractivity contribution >= 4 is 17.9 Å². The summed E-state index contributed by atoms with van der Waals surface area (Å²) in [6, 6.07) is 0. The van der Waals surface area contributed by atoms with E-state index < -0.39 is 12.1 Å². The first-order valence-electron chi connectivity index (χ1n) is 35.2. The van der Waals surface area contributed by atoms with Crippen molar-refractivity contribution in [1.29, 1.82) is 0 Å². The van der Waals surface area contributed by atoms with Gasteiger partial charge in [-0.05, 0) is 109 Å². The SMILES string of the molecule is CC/C=C\C/C=C\C/C=C\C/C=C\C/C=C\C/C=C\CCC(=O)OC(COC(=O)CCCCCCC/C=C\CCCCC)COC(=O)CCCCCCCCCCCCCCCCCCCCCCC/C=C\CCCCCCCCCC. The second kappa shape index (κ2) is 69.8. The van der Waals surface area contributed by atoms with Gasteiger partial charge in [-0.1, -0.05) is 317 Å². The van der Waals surface area contributed by atoms with Crippen molar-refractivity contribution in [2.75, 3.05) is 13.2 Å². The fourth-order valence-electron chi connectivity index (χ4n) is 10.0. The molecule has 0 aliphatic rings. The fraction of sp³-hybridized carbons (Fsp3) is 0.750. The van der Waals surface area contributed by atoms with E-state index in [2.05, 4.69) is 112 Å². The third-order valence-corrected chi connectivity index (χ3v) is 15.3. The largest absolute Gasteiger partial charge is 0.462 e. The average molecular weight is 1140 g/mol. The summed E-state index contributed by atoms with van der Waals surface area (Å²) in [5.41, 5.74) is 0. The monoisotopic (exact) mass is 1140 g/mol. The van der Waals surface area contributed by atoms with Gasteiger partial charge in [0.05, 0.1) is 0 Å². The molecule has 472 valence electrons. The minimum absolute atomic E-state index is 0.108. The predicted molar refractivity (Wildman–Crippen MR) is 357 cm³/mol. The van der Waals surface area contributed by atoms with Crippen molar-refractivity contribution in [2.45, 2.75) is 354 Å². The second-order valence-corrected chi connectivity index (χ2v) is 23.4. The van der Waals surface area contributed by atoms with Crippen molar-refractivity contribution < 1.29 is 28.6 Å². The summed E-state index contributed by atoms with van der Waals surface area (Å²) in [5.74, 6) is -0.991. The van der Waals surface area contributed by atoms with Gasteiger partial charge in [-0.15, -0.1) is 0 Å². The Morgan fingerprint density at radius 1 is 0.256 bits per heavy atom. The number of rotatable bonds is 64. The summed E-state index contributed by atoms with van der Waals surface area (Å²) < 4.78 is 16.9. The van der Waals surface area contributed by atoms with E-state index in [0.29, 0.717) is 19.3 Å². The van der Waals surface area contributed by atoms with Gasteiger partial charge in [0, 0.05) is 19.3 Å². The molecule has 0 aromatic heterocycles. The average Bonchev–Trinajstić information content (AvgIpc) is 3.47. The Bertz CT molecular complexity index is 1590. The molecule has 0 aromatic carbocycles. The molecule has 0 N–H and O–H groups in total. The molecule has 6 nitrogen and oxygen atoms in total. The van der Waals surface area contributed by atoms with Crippen molar-refractivity contribution in [3.63, 3.8) is 0 Å². The van der Waals surface area contributed by atoms with Crippen LogP contribution in [0.4, 0.5) is 0 Å². The van der Waals surface area contributed by atoms with Crippen LogP contribution < -0.4 is 0 Å². The van der Waals surface area contributed by atoms with Gasteiger partial charge in [0.2, 0.25) is 0 Å². The first-order valence-corrected chi connectivity index (χ1v) is 35.2. The summed E-state index contributed by atoms with van der Waals surface area (Å²) >= 11 is 0. The summed E-state index contributed by atoms with van der Waals surface area (Å²) in [6.45, 7) is 6.47. The third-order valence-electron chi connectivity index (χ3n) is 15.3. The molecule has 0 amide bonds. The number of ether oxygens (including phenoxy) is 3. The second-order valence-electron chi connectivity index (χ2n) is 23.4. The maximum absolute atomic E-state index is 12.9. The van der Waals surface area contributed by atoms with Crippen LogP contribution in [0.1, 0.15) is 348 Å². The molecule has 0 aliphatic heterocycles. The standard InChI is InChI=1S/C76H132O6/c1-4-7-10-13-16-19-22-25-27-29-31-32-33-34-35-36-37-38-39-40-41-42-43-44-46-47-49-51-54-57-60-63-66-69-75(78)81-72-73(71-80-74(77)68-65-62-59-56-53-24-21-18-15-12-9-6-3)82-76(79)70-67-64-61-58-55-52-50-48-45-30-28-26-23-20-17-14-11-8-5-2/h8,11,17-18,20-21,26,28-29,31,45,48,52,55,61,64,73H,4-7,9-10,12-16,19,22-25,27,30,32-44,46-47,49-51,53-54,56-60,62-63,65-72H2,1-3H3/b11-8-,20-17-,21-18-,28-26-,31-29-,48-45-,55-52-,64-61-. The molecule has 0 spiro atoms. The van der Waals surface area contributed by atoms with Crippen LogP contribution in [0.25, 0.3) is 0 Å². The minimum atomic E-state index is -0.822. The van der Waals surface area contributed by atoms with Gasteiger partial charge in [-0.25, -0.2) is 0 Å². The highest BCUT2D eigenvalue weighted by atomic mass is 16.6. The molecule has 0 fully saturated rings. The fourth-order valence-corrected chi connectivity index (χ4v) is 10.0. The highest BCUT2D eigenvalue weighted by Crippen LogP contribution is 2.17. The van der Waals surface area contributed by atoms with Gasteiger partial charge < -0.3 is 14.2 Å². The zero-order chi connectivity index (χ0) is 59.2. The van der Waals surface area contributed by atoms with Crippen LogP contribution in [0.2, 0.25) is 0 Å². The van der Waals surface area contributed by atoms with Crippen LogP contribution in [0.5, 0.6) is 0 Å². The van der Waals surface area contributed by atoms with Crippen LogP contribution in [0, 0.1) is 0 Å². The Balaban J connectivity index is 4.20. The Hall–Kier alpha value is -3.67. The van der Waals surface area contributed by atoms with Crippen LogP contribution in [0.3, 0.4) is 0 Å². The number of unbranched alkanes of at least 4 members (excludes halogenated alkanes) is 37. The number of carbonyl (C=O) groups is 3. The van der Waals surface area contributed by atoms with Crippen molar-refractivity contribution in [2.24, 2.45) is 0 Å². The number of allylic oxidation sites excluding steroid dienone is 16. The van der Waals surface area contributed by atoms with Crippen LogP contribution in [0.15, 0.2) is 97.2 Å². The van der Waals surface area contributed by atoms with Gasteiger partial charge >= 0.3 is 17.9 Å². The van der Waals surface area contributed by atoms with Gasteiger partial charge in [-0.2, -0.15) is 0 Å². The molecule has 1 unspecified atom stereocenters. The van der Waals surface area contributed by atoms with E-state index in [-0.39, 0.29) is 31.6 Å². The first kappa shape index (κ1) is 78.3. The van der Waals surface area contributed by atoms with Crippen molar-refractivity contribution in [3.8, 4) is 0 Å². The molecule has 0 saturated heterocycles. The third kappa shape index (κ3) is 67.1. The Morgan fingerprint density at radius 2 is 0.500 bits per heavy atom. The highest BCUT2D eigenvalue weighted by Gasteiger charge is 2.19. The lowest BCUT2D eigenvalue weighted by Crippen LogP contribution is -2.30. The lowest BCUT2D eigenvalue weighted by molar-refractivity contribution is -0.166. The maximum atomic E-state index is 12.9. The van der Waals surface area contributed by atoms with Gasteiger partial charge in [0.15, 0.2) is 6.10 Å². The van der Waals surface area contributed by atoms with Gasteiger partial charge in [0.1, 0.15) is 13.2 Å². The van der Waals surface area contributed by atoms with Crippen molar-refractivity contribution in [3.05, 3.63) is 97.2 Å². The van der Waals surface area contributed by atoms with Crippen molar-refractivity contribution in [1.82, 2.24) is 0 Å².